The smallest absolute Gasteiger partial charge is 0.378 e. The lowest BCUT2D eigenvalue weighted by Crippen LogP contribution is -2.42. The first-order valence-corrected chi connectivity index (χ1v) is 11.7. The maximum Gasteiger partial charge on any atom is 0.417 e. The van der Waals surface area contributed by atoms with Gasteiger partial charge in [0.05, 0.1) is 33.8 Å². The normalized spacial score (nSPS) is 25.5. The number of rotatable bonds is 6. The van der Waals surface area contributed by atoms with Crippen molar-refractivity contribution in [1.29, 1.82) is 5.26 Å². The molecule has 164 valence electrons. The Morgan fingerprint density at radius 2 is 2.03 bits per heavy atom. The SMILES string of the molecule is CCO[C@H]1C[C@H](S(=O)(=O)c2ccc(Br)cc2C(F)(F)F)CC1C(=O)NC1(C#N)CC1. The third-order valence-corrected chi connectivity index (χ3v) is 8.22. The van der Waals surface area contributed by atoms with Crippen molar-refractivity contribution in [2.24, 2.45) is 5.92 Å². The largest absolute Gasteiger partial charge is 0.417 e. The van der Waals surface area contributed by atoms with Crippen LogP contribution < -0.4 is 5.32 Å². The van der Waals surface area contributed by atoms with Gasteiger partial charge in [0.1, 0.15) is 5.54 Å². The van der Waals surface area contributed by atoms with Gasteiger partial charge in [0.2, 0.25) is 5.91 Å². The van der Waals surface area contributed by atoms with Gasteiger partial charge in [0, 0.05) is 11.1 Å². The van der Waals surface area contributed by atoms with Crippen molar-refractivity contribution in [3.05, 3.63) is 28.2 Å². The average Bonchev–Trinajstić information content (AvgIpc) is 3.29. The van der Waals surface area contributed by atoms with Gasteiger partial charge in [-0.1, -0.05) is 15.9 Å². The third kappa shape index (κ3) is 4.50. The Labute approximate surface area is 180 Å². The fraction of sp³-hybridized carbons (Fsp3) is 0.579. The Hall–Kier alpha value is -1.64. The minimum absolute atomic E-state index is 0.0961. The Morgan fingerprint density at radius 1 is 1.37 bits per heavy atom. The lowest BCUT2D eigenvalue weighted by Gasteiger charge is -2.20. The van der Waals surface area contributed by atoms with Crippen LogP contribution in [0.5, 0.6) is 0 Å². The molecule has 3 rings (SSSR count). The van der Waals surface area contributed by atoms with Gasteiger partial charge in [-0.05, 0) is 50.8 Å². The molecule has 6 nitrogen and oxygen atoms in total. The van der Waals surface area contributed by atoms with Crippen molar-refractivity contribution in [2.75, 3.05) is 6.61 Å². The summed E-state index contributed by atoms with van der Waals surface area (Å²) in [5, 5.41) is 10.6. The lowest BCUT2D eigenvalue weighted by molar-refractivity contribution is -0.140. The van der Waals surface area contributed by atoms with Crippen LogP contribution >= 0.6 is 15.9 Å². The Morgan fingerprint density at radius 3 is 2.57 bits per heavy atom. The quantitative estimate of drug-likeness (QED) is 0.633. The third-order valence-electron chi connectivity index (χ3n) is 5.50. The molecule has 1 aromatic carbocycles. The first-order valence-electron chi connectivity index (χ1n) is 9.39. The molecule has 2 aliphatic carbocycles. The number of halogens is 4. The number of nitrogens with zero attached hydrogens (tertiary/aromatic N) is 1. The summed E-state index contributed by atoms with van der Waals surface area (Å²) >= 11 is 2.94. The monoisotopic (exact) mass is 508 g/mol. The van der Waals surface area contributed by atoms with Crippen LogP contribution in [0.3, 0.4) is 0 Å². The van der Waals surface area contributed by atoms with Crippen LogP contribution in [0, 0.1) is 17.2 Å². The highest BCUT2D eigenvalue weighted by Crippen LogP contribution is 2.42. The maximum absolute atomic E-state index is 13.5. The predicted octanol–water partition coefficient (Wildman–Crippen LogP) is 3.60. The summed E-state index contributed by atoms with van der Waals surface area (Å²) in [6.45, 7) is 1.90. The molecule has 0 saturated heterocycles. The Balaban J connectivity index is 1.90. The molecule has 1 aromatic rings. The molecule has 30 heavy (non-hydrogen) atoms. The summed E-state index contributed by atoms with van der Waals surface area (Å²) in [5.74, 6) is -1.36. The van der Waals surface area contributed by atoms with Crippen molar-refractivity contribution in [3.63, 3.8) is 0 Å². The molecule has 3 atom stereocenters. The number of amides is 1. The van der Waals surface area contributed by atoms with E-state index in [-0.39, 0.29) is 23.9 Å². The minimum atomic E-state index is -4.86. The predicted molar refractivity (Wildman–Crippen MR) is 104 cm³/mol. The molecule has 11 heteroatoms. The topological polar surface area (TPSA) is 96.3 Å². The van der Waals surface area contributed by atoms with Gasteiger partial charge >= 0.3 is 6.18 Å². The number of alkyl halides is 3. The van der Waals surface area contributed by atoms with Gasteiger partial charge < -0.3 is 10.1 Å². The van der Waals surface area contributed by atoms with Gasteiger partial charge in [-0.15, -0.1) is 0 Å². The number of nitriles is 1. The summed E-state index contributed by atoms with van der Waals surface area (Å²) in [6.07, 6.45) is -4.86. The van der Waals surface area contributed by atoms with Crippen LogP contribution in [0.25, 0.3) is 0 Å². The highest BCUT2D eigenvalue weighted by Gasteiger charge is 2.51. The Kier molecular flexibility index (Phi) is 6.24. The van der Waals surface area contributed by atoms with E-state index >= 15 is 0 Å². The van der Waals surface area contributed by atoms with Gasteiger partial charge in [-0.2, -0.15) is 18.4 Å². The Bertz CT molecular complexity index is 986. The molecule has 1 unspecified atom stereocenters. The molecule has 2 saturated carbocycles. The van der Waals surface area contributed by atoms with Gasteiger partial charge in [-0.25, -0.2) is 8.42 Å². The number of carbonyl (C=O) groups is 1. The zero-order chi connectivity index (χ0) is 22.3. The molecular weight excluding hydrogens is 489 g/mol. The second-order valence-electron chi connectivity index (χ2n) is 7.56. The fourth-order valence-corrected chi connectivity index (χ4v) is 6.11. The van der Waals surface area contributed by atoms with E-state index in [1.54, 1.807) is 6.92 Å². The molecule has 2 fully saturated rings. The number of ether oxygens (including phenoxy) is 1. The summed E-state index contributed by atoms with van der Waals surface area (Å²) in [7, 11) is -4.39. The van der Waals surface area contributed by atoms with Crippen LogP contribution in [-0.4, -0.2) is 37.8 Å². The molecule has 0 bridgehead atoms. The standard InChI is InChI=1S/C19H20BrF3N2O4S/c1-2-29-15-9-12(8-13(15)17(26)25-18(10-24)5-6-18)30(27,28)16-4-3-11(20)7-14(16)19(21,22)23/h3-4,7,12-13,15H,2,5-6,8-9H2,1H3,(H,25,26)/t12-,13?,15+/m1/s1. The number of sulfone groups is 1. The van der Waals surface area contributed by atoms with Crippen LogP contribution in [0.2, 0.25) is 0 Å². The van der Waals surface area contributed by atoms with E-state index in [0.717, 1.165) is 12.1 Å². The summed E-state index contributed by atoms with van der Waals surface area (Å²) in [4.78, 5) is 11.9. The highest BCUT2D eigenvalue weighted by molar-refractivity contribution is 9.10. The van der Waals surface area contributed by atoms with Crippen molar-refractivity contribution >= 4 is 31.7 Å². The summed E-state index contributed by atoms with van der Waals surface area (Å²) in [5.41, 5.74) is -2.18. The highest BCUT2D eigenvalue weighted by atomic mass is 79.9. The van der Waals surface area contributed by atoms with E-state index in [1.165, 1.54) is 6.07 Å². The molecule has 0 radical (unpaired) electrons. The second kappa shape index (κ2) is 8.13. The van der Waals surface area contributed by atoms with Crippen LogP contribution in [0.4, 0.5) is 13.2 Å². The average molecular weight is 509 g/mol. The molecule has 0 spiro atoms. The van der Waals surface area contributed by atoms with E-state index in [1.807, 2.05) is 6.07 Å². The van der Waals surface area contributed by atoms with Crippen molar-refractivity contribution < 1.29 is 31.1 Å². The van der Waals surface area contributed by atoms with E-state index < -0.39 is 55.2 Å². The molecule has 1 N–H and O–H groups in total. The number of hydrogen-bond donors (Lipinski definition) is 1. The van der Waals surface area contributed by atoms with Crippen molar-refractivity contribution in [3.8, 4) is 6.07 Å². The molecule has 0 aromatic heterocycles. The molecule has 0 aliphatic heterocycles. The van der Waals surface area contributed by atoms with Gasteiger partial charge in [0.15, 0.2) is 9.84 Å². The van der Waals surface area contributed by atoms with Crippen LogP contribution in [0.1, 0.15) is 38.2 Å². The van der Waals surface area contributed by atoms with Crippen molar-refractivity contribution in [1.82, 2.24) is 5.32 Å². The van der Waals surface area contributed by atoms with Crippen LogP contribution in [0.15, 0.2) is 27.6 Å². The summed E-state index contributed by atoms with van der Waals surface area (Å²) in [6, 6.07) is 4.93. The molecular formula is C19H20BrF3N2O4S. The molecule has 0 heterocycles. The molecule has 2 aliphatic rings. The zero-order valence-electron chi connectivity index (χ0n) is 16.0. The number of benzene rings is 1. The summed E-state index contributed by atoms with van der Waals surface area (Å²) < 4.78 is 72.3. The second-order valence-corrected chi connectivity index (χ2v) is 10.7. The molecule has 1 amide bonds. The number of carbonyl (C=O) groups excluding carboxylic acids is 1. The first kappa shape index (κ1) is 23.0. The first-order chi connectivity index (χ1) is 13.9. The van der Waals surface area contributed by atoms with Crippen LogP contribution in [-0.2, 0) is 25.5 Å². The lowest BCUT2D eigenvalue weighted by atomic mass is 10.0. The minimum Gasteiger partial charge on any atom is -0.378 e. The maximum atomic E-state index is 13.5. The van der Waals surface area contributed by atoms with Gasteiger partial charge in [-0.3, -0.25) is 4.79 Å². The van der Waals surface area contributed by atoms with E-state index in [2.05, 4.69) is 21.2 Å². The van der Waals surface area contributed by atoms with Crippen molar-refractivity contribution in [2.45, 2.75) is 60.6 Å². The number of hydrogen-bond acceptors (Lipinski definition) is 5. The zero-order valence-corrected chi connectivity index (χ0v) is 18.4. The van der Waals surface area contributed by atoms with Gasteiger partial charge in [0.25, 0.3) is 0 Å². The van der Waals surface area contributed by atoms with E-state index in [0.29, 0.717) is 12.8 Å². The number of nitrogens with one attached hydrogen (secondary N) is 1. The fourth-order valence-electron chi connectivity index (χ4n) is 3.75. The van der Waals surface area contributed by atoms with E-state index in [4.69, 9.17) is 4.74 Å². The van der Waals surface area contributed by atoms with E-state index in [9.17, 15) is 31.6 Å².